The molecule has 0 aliphatic heterocycles. The normalized spacial score (nSPS) is 10.6. The summed E-state index contributed by atoms with van der Waals surface area (Å²) in [5.41, 5.74) is 0. The molecule has 11 heavy (non-hydrogen) atoms. The first-order valence-electron chi connectivity index (χ1n) is 3.60. The fourth-order valence-electron chi connectivity index (χ4n) is 0.811. The monoisotopic (exact) mass is 155 g/mol. The summed E-state index contributed by atoms with van der Waals surface area (Å²) in [7, 11) is 3.41. The molecule has 0 aromatic carbocycles. The number of hydrogen-bond acceptors (Lipinski definition) is 3. The smallest absolute Gasteiger partial charge is 0.314 e. The molecule has 4 nitrogen and oxygen atoms in total. The highest BCUT2D eigenvalue weighted by Crippen LogP contribution is 2.12. The van der Waals surface area contributed by atoms with E-state index in [9.17, 15) is 0 Å². The van der Waals surface area contributed by atoms with Gasteiger partial charge in [0.2, 0.25) is 0 Å². The zero-order chi connectivity index (χ0) is 8.43. The van der Waals surface area contributed by atoms with E-state index in [-0.39, 0.29) is 0 Å². The van der Waals surface area contributed by atoms with Crippen molar-refractivity contribution in [1.29, 1.82) is 0 Å². The summed E-state index contributed by atoms with van der Waals surface area (Å²) in [5, 5.41) is 4.16. The Kier molecular flexibility index (Phi) is 2.12. The van der Waals surface area contributed by atoms with Crippen molar-refractivity contribution >= 4 is 0 Å². The molecule has 0 amide bonds. The Morgan fingerprint density at radius 3 is 2.36 bits per heavy atom. The minimum atomic E-state index is 0.352. The molecule has 4 heteroatoms. The molecule has 1 rings (SSSR count). The van der Waals surface area contributed by atoms with Gasteiger partial charge in [-0.3, -0.25) is 0 Å². The van der Waals surface area contributed by atoms with Crippen LogP contribution in [-0.4, -0.2) is 21.9 Å². The third-order valence-electron chi connectivity index (χ3n) is 1.44. The zero-order valence-corrected chi connectivity index (χ0v) is 7.33. The van der Waals surface area contributed by atoms with E-state index in [0.29, 0.717) is 11.9 Å². The second-order valence-electron chi connectivity index (χ2n) is 2.74. The van der Waals surface area contributed by atoms with Crippen LogP contribution in [0.5, 0.6) is 6.01 Å². The molecule has 1 aromatic heterocycles. The highest BCUT2D eigenvalue weighted by Gasteiger charge is 2.09. The van der Waals surface area contributed by atoms with Crippen LogP contribution in [0.25, 0.3) is 0 Å². The summed E-state index contributed by atoms with van der Waals surface area (Å²) in [4.78, 5) is 4.16. The van der Waals surface area contributed by atoms with E-state index in [1.807, 2.05) is 7.05 Å². The lowest BCUT2D eigenvalue weighted by atomic mass is 10.2. The minimum absolute atomic E-state index is 0.352. The molecule has 0 spiro atoms. The first-order valence-corrected chi connectivity index (χ1v) is 3.60. The molecule has 0 radical (unpaired) electrons. The van der Waals surface area contributed by atoms with Crippen LogP contribution in [0, 0.1) is 0 Å². The van der Waals surface area contributed by atoms with Gasteiger partial charge in [0.25, 0.3) is 0 Å². The van der Waals surface area contributed by atoms with E-state index < -0.39 is 0 Å². The minimum Gasteiger partial charge on any atom is -0.467 e. The van der Waals surface area contributed by atoms with Gasteiger partial charge >= 0.3 is 6.01 Å². The molecule has 0 fully saturated rings. The van der Waals surface area contributed by atoms with Crippen LogP contribution < -0.4 is 4.74 Å². The Morgan fingerprint density at radius 2 is 2.09 bits per heavy atom. The van der Waals surface area contributed by atoms with Crippen LogP contribution in [0.15, 0.2) is 0 Å². The maximum atomic E-state index is 4.97. The zero-order valence-electron chi connectivity index (χ0n) is 7.33. The van der Waals surface area contributed by atoms with E-state index >= 15 is 0 Å². The van der Waals surface area contributed by atoms with Crippen molar-refractivity contribution in [2.75, 3.05) is 7.11 Å². The number of rotatable bonds is 2. The highest BCUT2D eigenvalue weighted by atomic mass is 16.5. The molecular formula is C7H13N3O. The summed E-state index contributed by atoms with van der Waals surface area (Å²) in [5.74, 6) is 1.18. The summed E-state index contributed by atoms with van der Waals surface area (Å²) >= 11 is 0. The molecule has 62 valence electrons. The predicted molar refractivity (Wildman–Crippen MR) is 41.6 cm³/mol. The summed E-state index contributed by atoms with van der Waals surface area (Å²) < 4.78 is 6.60. The largest absolute Gasteiger partial charge is 0.467 e. The Labute approximate surface area is 66.2 Å². The van der Waals surface area contributed by atoms with Gasteiger partial charge in [-0.1, -0.05) is 13.8 Å². The summed E-state index contributed by atoms with van der Waals surface area (Å²) in [6.07, 6.45) is 0. The van der Waals surface area contributed by atoms with Crippen molar-refractivity contribution in [2.24, 2.45) is 7.05 Å². The molecule has 1 aromatic rings. The van der Waals surface area contributed by atoms with Crippen molar-refractivity contribution < 1.29 is 4.74 Å². The fraction of sp³-hybridized carbons (Fsp3) is 0.714. The number of methoxy groups -OCH3 is 1. The Bertz CT molecular complexity index is 242. The van der Waals surface area contributed by atoms with Gasteiger partial charge in [0.05, 0.1) is 7.11 Å². The molecule has 0 saturated carbocycles. The maximum absolute atomic E-state index is 4.97. The summed E-state index contributed by atoms with van der Waals surface area (Å²) in [6, 6.07) is 0.564. The third kappa shape index (κ3) is 1.50. The molecule has 0 atom stereocenters. The lowest BCUT2D eigenvalue weighted by Gasteiger charge is -1.93. The Balaban J connectivity index is 2.95. The van der Waals surface area contributed by atoms with E-state index in [2.05, 4.69) is 23.9 Å². The maximum Gasteiger partial charge on any atom is 0.314 e. The van der Waals surface area contributed by atoms with Crippen molar-refractivity contribution in [1.82, 2.24) is 14.8 Å². The van der Waals surface area contributed by atoms with Gasteiger partial charge in [-0.15, -0.1) is 0 Å². The molecule has 0 unspecified atom stereocenters. The molecular weight excluding hydrogens is 142 g/mol. The lowest BCUT2D eigenvalue weighted by molar-refractivity contribution is 0.359. The fourth-order valence-corrected chi connectivity index (χ4v) is 0.811. The molecule has 1 heterocycles. The van der Waals surface area contributed by atoms with Crippen LogP contribution in [0.1, 0.15) is 25.6 Å². The number of ether oxygens (including phenoxy) is 1. The Morgan fingerprint density at radius 1 is 1.45 bits per heavy atom. The molecule has 0 aliphatic carbocycles. The average molecular weight is 155 g/mol. The quantitative estimate of drug-likeness (QED) is 0.638. The van der Waals surface area contributed by atoms with Gasteiger partial charge < -0.3 is 4.74 Å². The van der Waals surface area contributed by atoms with Gasteiger partial charge in [-0.05, 0) is 0 Å². The van der Waals surface area contributed by atoms with Gasteiger partial charge in [0, 0.05) is 13.0 Å². The van der Waals surface area contributed by atoms with E-state index in [1.54, 1.807) is 11.8 Å². The first kappa shape index (κ1) is 8.04. The molecule has 0 N–H and O–H groups in total. The highest BCUT2D eigenvalue weighted by molar-refractivity contribution is 5.00. The van der Waals surface area contributed by atoms with Crippen molar-refractivity contribution in [3.8, 4) is 6.01 Å². The second kappa shape index (κ2) is 2.90. The first-order chi connectivity index (χ1) is 5.15. The van der Waals surface area contributed by atoms with Crippen LogP contribution in [0.2, 0.25) is 0 Å². The number of hydrogen-bond donors (Lipinski definition) is 0. The summed E-state index contributed by atoms with van der Waals surface area (Å²) in [6.45, 7) is 4.10. The Hall–Kier alpha value is -1.06. The number of aromatic nitrogens is 3. The molecule has 0 saturated heterocycles. The number of nitrogens with zero attached hydrogens (tertiary/aromatic N) is 3. The van der Waals surface area contributed by atoms with Crippen LogP contribution in [0.3, 0.4) is 0 Å². The predicted octanol–water partition coefficient (Wildman–Crippen LogP) is 0.947. The second-order valence-corrected chi connectivity index (χ2v) is 2.74. The number of aryl methyl sites for hydroxylation is 1. The van der Waals surface area contributed by atoms with E-state index in [0.717, 1.165) is 5.82 Å². The van der Waals surface area contributed by atoms with Gasteiger partial charge in [0.15, 0.2) is 5.82 Å². The van der Waals surface area contributed by atoms with Crippen LogP contribution in [0.4, 0.5) is 0 Å². The topological polar surface area (TPSA) is 39.9 Å². The van der Waals surface area contributed by atoms with Crippen LogP contribution >= 0.6 is 0 Å². The van der Waals surface area contributed by atoms with Crippen LogP contribution in [-0.2, 0) is 7.05 Å². The third-order valence-corrected chi connectivity index (χ3v) is 1.44. The molecule has 0 aliphatic rings. The van der Waals surface area contributed by atoms with Gasteiger partial charge in [-0.25, -0.2) is 4.68 Å². The van der Waals surface area contributed by atoms with Gasteiger partial charge in [-0.2, -0.15) is 10.1 Å². The SMILES string of the molecule is COc1nc(C(C)C)nn1C. The van der Waals surface area contributed by atoms with Crippen molar-refractivity contribution in [3.63, 3.8) is 0 Å². The van der Waals surface area contributed by atoms with E-state index in [4.69, 9.17) is 4.74 Å². The average Bonchev–Trinajstić information content (AvgIpc) is 2.31. The molecule has 0 bridgehead atoms. The van der Waals surface area contributed by atoms with E-state index in [1.165, 1.54) is 0 Å². The van der Waals surface area contributed by atoms with Crippen molar-refractivity contribution in [2.45, 2.75) is 19.8 Å². The standard InChI is InChI=1S/C7H13N3O/c1-5(2)6-8-7(11-4)10(3)9-6/h5H,1-4H3. The van der Waals surface area contributed by atoms with Gasteiger partial charge in [0.1, 0.15) is 0 Å². The van der Waals surface area contributed by atoms with Crippen molar-refractivity contribution in [3.05, 3.63) is 5.82 Å². The lowest BCUT2D eigenvalue weighted by Crippen LogP contribution is -1.95.